The summed E-state index contributed by atoms with van der Waals surface area (Å²) in [5.41, 5.74) is 7.66. The maximum absolute atomic E-state index is 10.4. The van der Waals surface area contributed by atoms with Crippen LogP contribution in [0.5, 0.6) is 0 Å². The van der Waals surface area contributed by atoms with Crippen LogP contribution in [0.1, 0.15) is 157 Å². The molecule has 62 heavy (non-hydrogen) atoms. The van der Waals surface area contributed by atoms with Crippen molar-refractivity contribution in [1.29, 1.82) is 10.5 Å². The van der Waals surface area contributed by atoms with E-state index in [1.54, 1.807) is 33.4 Å². The Morgan fingerprint density at radius 3 is 1.68 bits per heavy atom. The lowest BCUT2D eigenvalue weighted by Crippen LogP contribution is -2.52. The molecule has 2 spiro atoms. The van der Waals surface area contributed by atoms with Crippen molar-refractivity contribution < 1.29 is 37.9 Å². The lowest BCUT2D eigenvalue weighted by atomic mass is 9.56. The van der Waals surface area contributed by atoms with Gasteiger partial charge in [-0.25, -0.2) is 0 Å². The molecule has 10 atom stereocenters. The quantitative estimate of drug-likeness (QED) is 0.239. The summed E-state index contributed by atoms with van der Waals surface area (Å²) in [6, 6.07) is 5.29. The van der Waals surface area contributed by atoms with E-state index in [4.69, 9.17) is 37.9 Å². The lowest BCUT2D eigenvalue weighted by Gasteiger charge is -2.51. The van der Waals surface area contributed by atoms with Crippen LogP contribution in [0.4, 0.5) is 0 Å². The SMILES string of the molecule is C.CC12CC=C3C4=C(CCC3C1CC[C@@]2(C#N)OC1CCCCO1)CC1(CC4)OCCO1.CCO[C@H](C)O[C@]1(C#N)CCC2C3CCC4=C(CCC5(C4)OCCO5)C3=CCC21C. The van der Waals surface area contributed by atoms with Gasteiger partial charge >= 0.3 is 0 Å². The zero-order chi connectivity index (χ0) is 42.1. The Balaban J connectivity index is 0.000000156. The lowest BCUT2D eigenvalue weighted by molar-refractivity contribution is -0.235. The van der Waals surface area contributed by atoms with Gasteiger partial charge in [0, 0.05) is 49.7 Å². The number of nitriles is 2. The second-order valence-electron chi connectivity index (χ2n) is 20.8. The maximum Gasteiger partial charge on any atom is 0.172 e. The van der Waals surface area contributed by atoms with E-state index in [1.807, 2.05) is 13.8 Å². The van der Waals surface area contributed by atoms with Gasteiger partial charge in [0.1, 0.15) is 0 Å². The minimum absolute atomic E-state index is 0. The Morgan fingerprint density at radius 1 is 0.677 bits per heavy atom. The van der Waals surface area contributed by atoms with Crippen LogP contribution in [-0.2, 0) is 37.9 Å². The molecule has 0 bridgehead atoms. The van der Waals surface area contributed by atoms with Crippen LogP contribution in [0, 0.1) is 57.2 Å². The third kappa shape index (κ3) is 7.16. The monoisotopic (exact) mass is 855 g/mol. The minimum Gasteiger partial charge on any atom is -0.353 e. The number of ether oxygens (including phenoxy) is 8. The summed E-state index contributed by atoms with van der Waals surface area (Å²) in [4.78, 5) is 0. The normalized spacial score (nSPS) is 41.4. The molecule has 0 aromatic carbocycles. The molecule has 7 unspecified atom stereocenters. The van der Waals surface area contributed by atoms with Crippen LogP contribution in [0.2, 0.25) is 0 Å². The van der Waals surface area contributed by atoms with Gasteiger partial charge in [0.05, 0.1) is 38.6 Å². The number of hydrogen-bond acceptors (Lipinski definition) is 10. The Morgan fingerprint density at radius 2 is 1.19 bits per heavy atom. The molecule has 10 heteroatoms. The van der Waals surface area contributed by atoms with Gasteiger partial charge in [0.25, 0.3) is 0 Å². The molecule has 11 rings (SSSR count). The zero-order valence-corrected chi connectivity index (χ0v) is 37.5. The Bertz CT molecular complexity index is 1920. The van der Waals surface area contributed by atoms with Crippen LogP contribution < -0.4 is 0 Å². The van der Waals surface area contributed by atoms with Crippen molar-refractivity contribution in [2.75, 3.05) is 39.6 Å². The largest absolute Gasteiger partial charge is 0.353 e. The zero-order valence-electron chi connectivity index (χ0n) is 37.5. The smallest absolute Gasteiger partial charge is 0.172 e. The highest BCUT2D eigenvalue weighted by atomic mass is 16.7. The molecular weight excluding hydrogens is 781 g/mol. The first-order chi connectivity index (χ1) is 29.5. The van der Waals surface area contributed by atoms with Gasteiger partial charge in [-0.15, -0.1) is 0 Å². The standard InChI is InChI=1S/C26H35NO4.C25H35NO4.CH4/c1-24-10-7-20-19-8-12-26(29-14-15-30-26)16-18(19)5-6-21(20)22(24)9-11-25(24,17-27)31-23-4-2-3-13-28-23;1-4-27-17(2)30-24(16-26)11-9-22-21-6-5-18-15-25(28-13-14-29-25)12-8-19(18)20(21)7-10-23(22,24)3;/h7,21-23H,2-6,8-16H2,1H3;7,17,21-22H,4-6,8-15H2,1-3H3;1H4/t21?,22?,23?,24?,25-;17-,21?,22?,23?,24-;/m00./s1. The molecule has 340 valence electrons. The van der Waals surface area contributed by atoms with Crippen molar-refractivity contribution in [1.82, 2.24) is 0 Å². The highest BCUT2D eigenvalue weighted by Crippen LogP contribution is 2.66. The molecule has 0 radical (unpaired) electrons. The van der Waals surface area contributed by atoms with Gasteiger partial charge in [-0.2, -0.15) is 10.5 Å². The van der Waals surface area contributed by atoms with Crippen molar-refractivity contribution in [2.45, 2.75) is 192 Å². The summed E-state index contributed by atoms with van der Waals surface area (Å²) in [7, 11) is 0. The van der Waals surface area contributed by atoms with E-state index in [0.29, 0.717) is 30.3 Å². The third-order valence-electron chi connectivity index (χ3n) is 18.1. The molecule has 3 aliphatic heterocycles. The Kier molecular flexibility index (Phi) is 12.4. The van der Waals surface area contributed by atoms with Crippen molar-refractivity contribution in [3.05, 3.63) is 45.6 Å². The molecule has 3 heterocycles. The van der Waals surface area contributed by atoms with E-state index in [1.165, 1.54) is 12.8 Å². The van der Waals surface area contributed by atoms with Crippen LogP contribution in [0.15, 0.2) is 45.6 Å². The van der Waals surface area contributed by atoms with Crippen LogP contribution >= 0.6 is 0 Å². The number of rotatable bonds is 6. The van der Waals surface area contributed by atoms with E-state index < -0.39 is 11.2 Å². The molecule has 8 aliphatic carbocycles. The fourth-order valence-electron chi connectivity index (χ4n) is 15.0. The fourth-order valence-corrected chi connectivity index (χ4v) is 15.0. The minimum atomic E-state index is -0.759. The summed E-state index contributed by atoms with van der Waals surface area (Å²) < 4.78 is 48.5. The molecule has 11 aliphatic rings. The van der Waals surface area contributed by atoms with Gasteiger partial charge in [-0.1, -0.05) is 44.6 Å². The summed E-state index contributed by atoms with van der Waals surface area (Å²) in [6.45, 7) is 12.8. The molecule has 3 saturated heterocycles. The topological polar surface area (TPSA) is 121 Å². The van der Waals surface area contributed by atoms with Crippen molar-refractivity contribution in [2.24, 2.45) is 34.5 Å². The number of fused-ring (bicyclic) bond motifs is 8. The third-order valence-corrected chi connectivity index (χ3v) is 18.1. The van der Waals surface area contributed by atoms with E-state index in [-0.39, 0.29) is 42.4 Å². The Labute approximate surface area is 371 Å². The fraction of sp³-hybridized carbons (Fsp3) is 0.808. The van der Waals surface area contributed by atoms with E-state index in [2.05, 4.69) is 38.1 Å². The van der Waals surface area contributed by atoms with Gasteiger partial charge in [0.15, 0.2) is 35.4 Å². The molecule has 0 aromatic rings. The van der Waals surface area contributed by atoms with Crippen molar-refractivity contribution >= 4 is 0 Å². The molecule has 0 aromatic heterocycles. The highest BCUT2D eigenvalue weighted by molar-refractivity contribution is 5.47. The van der Waals surface area contributed by atoms with Gasteiger partial charge in [-0.3, -0.25) is 0 Å². The van der Waals surface area contributed by atoms with E-state index >= 15 is 0 Å². The second-order valence-corrected chi connectivity index (χ2v) is 20.8. The average Bonchev–Trinajstić information content (AvgIpc) is 4.06. The van der Waals surface area contributed by atoms with Gasteiger partial charge < -0.3 is 37.9 Å². The number of hydrogen-bond donors (Lipinski definition) is 0. The van der Waals surface area contributed by atoms with Crippen LogP contribution in [-0.4, -0.2) is 75.0 Å². The van der Waals surface area contributed by atoms with Crippen LogP contribution in [0.3, 0.4) is 0 Å². The molecule has 10 nitrogen and oxygen atoms in total. The molecule has 2 saturated carbocycles. The Hall–Kier alpha value is -2.38. The highest BCUT2D eigenvalue weighted by Gasteiger charge is 2.65. The molecular formula is C52H74N2O8. The average molecular weight is 855 g/mol. The first-order valence-corrected chi connectivity index (χ1v) is 24.3. The maximum atomic E-state index is 10.4. The van der Waals surface area contributed by atoms with Crippen molar-refractivity contribution in [3.63, 3.8) is 0 Å². The second kappa shape index (κ2) is 17.1. The summed E-state index contributed by atoms with van der Waals surface area (Å²) in [6.07, 6.45) is 23.7. The summed E-state index contributed by atoms with van der Waals surface area (Å²) in [5, 5.41) is 20.6. The number of allylic oxidation sites excluding steroid dienone is 6. The summed E-state index contributed by atoms with van der Waals surface area (Å²) >= 11 is 0. The van der Waals surface area contributed by atoms with Gasteiger partial charge in [-0.05, 0) is 156 Å². The first-order valence-electron chi connectivity index (χ1n) is 24.3. The predicted octanol–water partition coefficient (Wildman–Crippen LogP) is 10.8. The first kappa shape index (κ1) is 44.8. The van der Waals surface area contributed by atoms with Gasteiger partial charge in [0.2, 0.25) is 0 Å². The molecule has 0 N–H and O–H groups in total. The van der Waals surface area contributed by atoms with E-state index in [9.17, 15) is 10.5 Å². The molecule has 5 fully saturated rings. The van der Waals surface area contributed by atoms with E-state index in [0.717, 1.165) is 142 Å². The number of nitrogens with zero attached hydrogens (tertiary/aromatic N) is 2. The predicted molar refractivity (Wildman–Crippen MR) is 234 cm³/mol. The molecule has 0 amide bonds. The summed E-state index contributed by atoms with van der Waals surface area (Å²) in [5.74, 6) is 1.43. The van der Waals surface area contributed by atoms with Crippen LogP contribution in [0.25, 0.3) is 0 Å². The van der Waals surface area contributed by atoms with Crippen molar-refractivity contribution in [3.8, 4) is 12.1 Å².